The van der Waals surface area contributed by atoms with Crippen LogP contribution in [0.5, 0.6) is 11.5 Å². The van der Waals surface area contributed by atoms with E-state index in [1.807, 2.05) is 42.5 Å². The van der Waals surface area contributed by atoms with Crippen molar-refractivity contribution in [1.82, 2.24) is 20.8 Å². The standard InChI is InChI=1S/C22H25N5O3.HI/c1-3-5-20-26-21(30-27-20)17-7-4-6-15(10-17)12-24-22(23-2)25-13-16-8-9-18-19(11-16)29-14-28-18;/h4,6-11H,3,5,12-14H2,1-2H3,(H2,23,24,25);1H. The Labute approximate surface area is 198 Å². The summed E-state index contributed by atoms with van der Waals surface area (Å²) >= 11 is 0. The number of nitrogens with zero attached hydrogens (tertiary/aromatic N) is 3. The Morgan fingerprint density at radius 2 is 1.81 bits per heavy atom. The number of aryl methyl sites for hydroxylation is 1. The van der Waals surface area contributed by atoms with Gasteiger partial charge >= 0.3 is 0 Å². The summed E-state index contributed by atoms with van der Waals surface area (Å²) < 4.78 is 16.2. The normalized spacial score (nSPS) is 12.4. The van der Waals surface area contributed by atoms with Gasteiger partial charge in [0.25, 0.3) is 5.89 Å². The van der Waals surface area contributed by atoms with E-state index in [2.05, 4.69) is 32.7 Å². The molecular formula is C22H26IN5O3. The highest BCUT2D eigenvalue weighted by Crippen LogP contribution is 2.32. The van der Waals surface area contributed by atoms with Crippen molar-refractivity contribution in [3.05, 3.63) is 59.4 Å². The molecule has 8 nitrogen and oxygen atoms in total. The molecule has 0 unspecified atom stereocenters. The van der Waals surface area contributed by atoms with Crippen molar-refractivity contribution < 1.29 is 14.0 Å². The Morgan fingerprint density at radius 3 is 2.58 bits per heavy atom. The summed E-state index contributed by atoms with van der Waals surface area (Å²) in [5.41, 5.74) is 3.09. The van der Waals surface area contributed by atoms with Gasteiger partial charge in [0.1, 0.15) is 0 Å². The van der Waals surface area contributed by atoms with Gasteiger partial charge < -0.3 is 24.6 Å². The number of hydrogen-bond donors (Lipinski definition) is 2. The van der Waals surface area contributed by atoms with Gasteiger partial charge in [-0.1, -0.05) is 30.3 Å². The number of rotatable bonds is 7. The molecule has 9 heteroatoms. The molecule has 4 rings (SSSR count). The van der Waals surface area contributed by atoms with Crippen LogP contribution in [0.1, 0.15) is 30.3 Å². The van der Waals surface area contributed by atoms with Crippen molar-refractivity contribution in [3.63, 3.8) is 0 Å². The van der Waals surface area contributed by atoms with E-state index in [1.165, 1.54) is 0 Å². The molecule has 0 aliphatic carbocycles. The fourth-order valence-electron chi connectivity index (χ4n) is 3.15. The molecule has 0 fully saturated rings. The van der Waals surface area contributed by atoms with E-state index in [0.717, 1.165) is 46.9 Å². The Bertz CT molecular complexity index is 1040. The van der Waals surface area contributed by atoms with E-state index in [4.69, 9.17) is 14.0 Å². The van der Waals surface area contributed by atoms with Crippen LogP contribution in [0.25, 0.3) is 11.5 Å². The molecule has 1 aliphatic rings. The number of nitrogens with one attached hydrogen (secondary N) is 2. The third kappa shape index (κ3) is 5.87. The Hall–Kier alpha value is -2.82. The first kappa shape index (κ1) is 22.9. The van der Waals surface area contributed by atoms with Gasteiger partial charge in [-0.15, -0.1) is 24.0 Å². The second kappa shape index (κ2) is 11.0. The first-order valence-corrected chi connectivity index (χ1v) is 10.00. The topological polar surface area (TPSA) is 93.8 Å². The van der Waals surface area contributed by atoms with Crippen LogP contribution >= 0.6 is 24.0 Å². The molecule has 2 aromatic carbocycles. The summed E-state index contributed by atoms with van der Waals surface area (Å²) in [5.74, 6) is 3.55. The van der Waals surface area contributed by atoms with Gasteiger partial charge in [-0.25, -0.2) is 0 Å². The maximum Gasteiger partial charge on any atom is 0.257 e. The smallest absolute Gasteiger partial charge is 0.257 e. The third-order valence-electron chi connectivity index (χ3n) is 4.70. The summed E-state index contributed by atoms with van der Waals surface area (Å²) in [5, 5.41) is 10.7. The van der Waals surface area contributed by atoms with E-state index in [-0.39, 0.29) is 30.8 Å². The minimum absolute atomic E-state index is 0. The molecule has 0 radical (unpaired) electrons. The molecule has 0 amide bonds. The molecule has 0 bridgehead atoms. The molecule has 1 aromatic heterocycles. The van der Waals surface area contributed by atoms with E-state index in [0.29, 0.717) is 24.9 Å². The Balaban J connectivity index is 0.00000272. The van der Waals surface area contributed by atoms with E-state index >= 15 is 0 Å². The number of benzene rings is 2. The largest absolute Gasteiger partial charge is 0.454 e. The molecule has 0 atom stereocenters. The molecule has 3 aromatic rings. The summed E-state index contributed by atoms with van der Waals surface area (Å²) in [7, 11) is 1.75. The molecule has 0 spiro atoms. The van der Waals surface area contributed by atoms with Crippen LogP contribution in [0.3, 0.4) is 0 Å². The summed E-state index contributed by atoms with van der Waals surface area (Å²) in [6.07, 6.45) is 1.80. The van der Waals surface area contributed by atoms with Crippen molar-refractivity contribution in [3.8, 4) is 23.0 Å². The average Bonchev–Trinajstić information content (AvgIpc) is 3.43. The maximum atomic E-state index is 5.43. The zero-order valence-corrected chi connectivity index (χ0v) is 19.9. The maximum absolute atomic E-state index is 5.43. The molecule has 1 aliphatic heterocycles. The van der Waals surface area contributed by atoms with Gasteiger partial charge in [0, 0.05) is 32.1 Å². The number of halogens is 1. The first-order valence-electron chi connectivity index (χ1n) is 10.00. The van der Waals surface area contributed by atoms with Crippen LogP contribution in [0.15, 0.2) is 52.0 Å². The van der Waals surface area contributed by atoms with Crippen LogP contribution in [0, 0.1) is 0 Å². The van der Waals surface area contributed by atoms with Crippen molar-refractivity contribution in [1.29, 1.82) is 0 Å². The first-order chi connectivity index (χ1) is 14.7. The molecule has 2 heterocycles. The number of ether oxygens (including phenoxy) is 2. The number of hydrogen-bond acceptors (Lipinski definition) is 6. The highest BCUT2D eigenvalue weighted by Gasteiger charge is 2.13. The highest BCUT2D eigenvalue weighted by molar-refractivity contribution is 14.0. The van der Waals surface area contributed by atoms with Gasteiger partial charge in [0.05, 0.1) is 0 Å². The lowest BCUT2D eigenvalue weighted by molar-refractivity contribution is 0.174. The lowest BCUT2D eigenvalue weighted by Crippen LogP contribution is -2.36. The van der Waals surface area contributed by atoms with Crippen LogP contribution in [0.2, 0.25) is 0 Å². The van der Waals surface area contributed by atoms with Crippen LogP contribution < -0.4 is 20.1 Å². The van der Waals surface area contributed by atoms with Gasteiger partial charge in [0.15, 0.2) is 23.3 Å². The number of aliphatic imine (C=N–C) groups is 1. The lowest BCUT2D eigenvalue weighted by Gasteiger charge is -2.12. The van der Waals surface area contributed by atoms with E-state index in [9.17, 15) is 0 Å². The van der Waals surface area contributed by atoms with Crippen molar-refractivity contribution in [2.75, 3.05) is 13.8 Å². The minimum atomic E-state index is 0. The Kier molecular flexibility index (Phi) is 8.10. The predicted molar refractivity (Wildman–Crippen MR) is 129 cm³/mol. The molecule has 164 valence electrons. The highest BCUT2D eigenvalue weighted by atomic mass is 127. The summed E-state index contributed by atoms with van der Waals surface area (Å²) in [4.78, 5) is 8.75. The molecule has 0 saturated carbocycles. The Morgan fingerprint density at radius 1 is 1.03 bits per heavy atom. The monoisotopic (exact) mass is 535 g/mol. The minimum Gasteiger partial charge on any atom is -0.454 e. The quantitative estimate of drug-likeness (QED) is 0.269. The van der Waals surface area contributed by atoms with E-state index < -0.39 is 0 Å². The van der Waals surface area contributed by atoms with Gasteiger partial charge in [-0.3, -0.25) is 4.99 Å². The van der Waals surface area contributed by atoms with Gasteiger partial charge in [0.2, 0.25) is 6.79 Å². The van der Waals surface area contributed by atoms with Crippen LogP contribution in [-0.4, -0.2) is 29.9 Å². The molecular weight excluding hydrogens is 509 g/mol. The van der Waals surface area contributed by atoms with Gasteiger partial charge in [-0.05, 0) is 41.8 Å². The third-order valence-corrected chi connectivity index (χ3v) is 4.70. The molecule has 31 heavy (non-hydrogen) atoms. The number of aromatic nitrogens is 2. The zero-order chi connectivity index (χ0) is 20.8. The summed E-state index contributed by atoms with van der Waals surface area (Å²) in [6, 6.07) is 14.0. The lowest BCUT2D eigenvalue weighted by atomic mass is 10.1. The van der Waals surface area contributed by atoms with Gasteiger partial charge in [-0.2, -0.15) is 4.98 Å². The SMILES string of the molecule is CCCc1noc(-c2cccc(CNC(=NC)NCc3ccc4c(c3)OCO4)c2)n1.I. The summed E-state index contributed by atoms with van der Waals surface area (Å²) in [6.45, 7) is 3.61. The van der Waals surface area contributed by atoms with E-state index in [1.54, 1.807) is 7.05 Å². The van der Waals surface area contributed by atoms with Crippen molar-refractivity contribution in [2.24, 2.45) is 4.99 Å². The fourth-order valence-corrected chi connectivity index (χ4v) is 3.15. The second-order valence-electron chi connectivity index (χ2n) is 6.93. The fraction of sp³-hybridized carbons (Fsp3) is 0.318. The predicted octanol–water partition coefficient (Wildman–Crippen LogP) is 3.90. The second-order valence-corrected chi connectivity index (χ2v) is 6.93. The van der Waals surface area contributed by atoms with Crippen LogP contribution in [-0.2, 0) is 19.5 Å². The number of fused-ring (bicyclic) bond motifs is 1. The number of guanidine groups is 1. The van der Waals surface area contributed by atoms with Crippen molar-refractivity contribution in [2.45, 2.75) is 32.9 Å². The van der Waals surface area contributed by atoms with Crippen LogP contribution in [0.4, 0.5) is 0 Å². The molecule has 2 N–H and O–H groups in total. The zero-order valence-electron chi connectivity index (χ0n) is 17.6. The average molecular weight is 535 g/mol. The molecule has 0 saturated heterocycles. The van der Waals surface area contributed by atoms with Crippen molar-refractivity contribution >= 4 is 29.9 Å².